The molecular weight excluding hydrogens is 433 g/mol. The Morgan fingerprint density at radius 2 is 2.00 bits per heavy atom. The molecule has 1 aromatic carbocycles. The van der Waals surface area contributed by atoms with E-state index in [2.05, 4.69) is 30.1 Å². The van der Waals surface area contributed by atoms with Crippen molar-refractivity contribution in [3.05, 3.63) is 42.1 Å². The van der Waals surface area contributed by atoms with E-state index in [4.69, 9.17) is 0 Å². The highest BCUT2D eigenvalue weighted by atomic mass is 19.4. The summed E-state index contributed by atoms with van der Waals surface area (Å²) in [6, 6.07) is 5.93. The highest BCUT2D eigenvalue weighted by molar-refractivity contribution is 5.98. The van der Waals surface area contributed by atoms with Crippen LogP contribution in [0, 0.1) is 0 Å². The number of likely N-dealkylation sites (tertiary alicyclic amines) is 1. The number of aromatic nitrogens is 3. The van der Waals surface area contributed by atoms with Gasteiger partial charge in [0, 0.05) is 29.7 Å². The van der Waals surface area contributed by atoms with Crippen molar-refractivity contribution < 1.29 is 26.7 Å². The molecule has 32 heavy (non-hydrogen) atoms. The maximum absolute atomic E-state index is 13.1. The summed E-state index contributed by atoms with van der Waals surface area (Å²) in [5, 5.41) is 12.3. The molecular formula is C21H20F5N5O. The van der Waals surface area contributed by atoms with E-state index in [-0.39, 0.29) is 17.3 Å². The van der Waals surface area contributed by atoms with Crippen LogP contribution in [0.1, 0.15) is 18.4 Å². The normalized spacial score (nSPS) is 17.7. The predicted octanol–water partition coefficient (Wildman–Crippen LogP) is 4.82. The van der Waals surface area contributed by atoms with Crippen LogP contribution in [0.15, 0.2) is 36.5 Å². The summed E-state index contributed by atoms with van der Waals surface area (Å²) in [5.41, 5.74) is -0.801. The zero-order valence-corrected chi connectivity index (χ0v) is 17.0. The van der Waals surface area contributed by atoms with E-state index in [9.17, 15) is 22.0 Å². The largest absolute Gasteiger partial charge is 0.434 e. The Bertz CT molecular complexity index is 1110. The Morgan fingerprint density at radius 3 is 2.72 bits per heavy atom. The molecule has 0 amide bonds. The van der Waals surface area contributed by atoms with Crippen LogP contribution in [0.5, 0.6) is 5.75 Å². The molecule has 170 valence electrons. The topological polar surface area (TPSA) is 63.2 Å². The maximum Gasteiger partial charge on any atom is 0.416 e. The molecule has 1 saturated heterocycles. The predicted molar refractivity (Wildman–Crippen MR) is 109 cm³/mol. The number of pyridine rings is 1. The summed E-state index contributed by atoms with van der Waals surface area (Å²) < 4.78 is 69.6. The number of alkyl halides is 5. The van der Waals surface area contributed by atoms with Crippen molar-refractivity contribution in [2.75, 3.05) is 25.5 Å². The second-order valence-corrected chi connectivity index (χ2v) is 7.63. The van der Waals surface area contributed by atoms with E-state index < -0.39 is 24.1 Å². The van der Waals surface area contributed by atoms with Gasteiger partial charge in [0.05, 0.1) is 5.56 Å². The Morgan fingerprint density at radius 1 is 1.19 bits per heavy atom. The van der Waals surface area contributed by atoms with Gasteiger partial charge in [0.25, 0.3) is 0 Å². The summed E-state index contributed by atoms with van der Waals surface area (Å²) in [4.78, 5) is 6.49. The second-order valence-electron chi connectivity index (χ2n) is 7.63. The number of rotatable bonds is 5. The minimum atomic E-state index is -4.72. The summed E-state index contributed by atoms with van der Waals surface area (Å²) in [7, 11) is 2.03. The van der Waals surface area contributed by atoms with Crippen LogP contribution >= 0.6 is 0 Å². The number of nitrogens with zero attached hydrogens (tertiary/aromatic N) is 4. The molecule has 0 unspecified atom stereocenters. The second kappa shape index (κ2) is 8.81. The molecule has 1 aliphatic heterocycles. The molecule has 0 aliphatic carbocycles. The third kappa shape index (κ3) is 4.72. The van der Waals surface area contributed by atoms with Gasteiger partial charge in [0.1, 0.15) is 17.0 Å². The van der Waals surface area contributed by atoms with E-state index in [0.717, 1.165) is 38.1 Å². The first-order valence-electron chi connectivity index (χ1n) is 9.95. The number of ether oxygens (including phenoxy) is 1. The van der Waals surface area contributed by atoms with Crippen molar-refractivity contribution in [1.82, 2.24) is 20.1 Å². The number of anilines is 1. The lowest BCUT2D eigenvalue weighted by Gasteiger charge is -2.30. The lowest BCUT2D eigenvalue weighted by atomic mass is 10.0. The standard InChI is InChI=1S/C21H20F5N5O/c1-31-9-3-4-13(11-31)28-19-15-5-2-8-27-17(15)18(29-30-19)14-7-6-12(21(24,25)26)10-16(14)32-20(22)23/h2,5-8,10,13,20H,3-4,9,11H2,1H3,(H,28,30)/t13-/m1/s1. The monoisotopic (exact) mass is 453 g/mol. The molecule has 0 saturated carbocycles. The van der Waals surface area contributed by atoms with Gasteiger partial charge in [0.2, 0.25) is 0 Å². The number of piperidine rings is 1. The molecule has 0 radical (unpaired) electrons. The minimum absolute atomic E-state index is 0.0521. The molecule has 1 fully saturated rings. The van der Waals surface area contributed by atoms with E-state index in [1.807, 2.05) is 7.05 Å². The number of hydrogen-bond donors (Lipinski definition) is 1. The van der Waals surface area contributed by atoms with Crippen LogP contribution in [0.4, 0.5) is 27.8 Å². The number of fused-ring (bicyclic) bond motifs is 1. The van der Waals surface area contributed by atoms with Crippen LogP contribution in [0.2, 0.25) is 0 Å². The molecule has 1 N–H and O–H groups in total. The van der Waals surface area contributed by atoms with Crippen LogP contribution in [0.3, 0.4) is 0 Å². The molecule has 3 heterocycles. The van der Waals surface area contributed by atoms with Crippen molar-refractivity contribution in [3.63, 3.8) is 0 Å². The number of hydrogen-bond acceptors (Lipinski definition) is 6. The summed E-state index contributed by atoms with van der Waals surface area (Å²) in [6.45, 7) is -1.49. The average molecular weight is 453 g/mol. The van der Waals surface area contributed by atoms with Gasteiger partial charge in [-0.25, -0.2) is 0 Å². The number of nitrogens with one attached hydrogen (secondary N) is 1. The summed E-state index contributed by atoms with van der Waals surface area (Å²) >= 11 is 0. The van der Waals surface area contributed by atoms with Gasteiger partial charge < -0.3 is 15.0 Å². The first kappa shape index (κ1) is 22.1. The maximum atomic E-state index is 13.1. The molecule has 0 bridgehead atoms. The Hall–Kier alpha value is -3.08. The molecule has 2 aromatic heterocycles. The van der Waals surface area contributed by atoms with Crippen LogP contribution in [-0.2, 0) is 6.18 Å². The van der Waals surface area contributed by atoms with E-state index in [1.165, 1.54) is 6.20 Å². The van der Waals surface area contributed by atoms with Crippen LogP contribution < -0.4 is 10.1 Å². The van der Waals surface area contributed by atoms with Crippen molar-refractivity contribution in [1.29, 1.82) is 0 Å². The lowest BCUT2D eigenvalue weighted by molar-refractivity contribution is -0.138. The van der Waals surface area contributed by atoms with Crippen LogP contribution in [0.25, 0.3) is 22.2 Å². The third-order valence-electron chi connectivity index (χ3n) is 5.28. The van der Waals surface area contributed by atoms with Gasteiger partial charge in [-0.3, -0.25) is 4.98 Å². The fraction of sp³-hybridized carbons (Fsp3) is 0.381. The van der Waals surface area contributed by atoms with Crippen molar-refractivity contribution in [2.45, 2.75) is 31.7 Å². The highest BCUT2D eigenvalue weighted by Crippen LogP contribution is 2.39. The molecule has 1 atom stereocenters. The zero-order valence-electron chi connectivity index (χ0n) is 17.0. The number of halogens is 5. The van der Waals surface area contributed by atoms with Gasteiger partial charge >= 0.3 is 12.8 Å². The van der Waals surface area contributed by atoms with Gasteiger partial charge in [-0.2, -0.15) is 22.0 Å². The Kier molecular flexibility index (Phi) is 6.09. The van der Waals surface area contributed by atoms with Gasteiger partial charge in [-0.1, -0.05) is 0 Å². The smallest absolute Gasteiger partial charge is 0.416 e. The lowest BCUT2D eigenvalue weighted by Crippen LogP contribution is -2.40. The van der Waals surface area contributed by atoms with Crippen molar-refractivity contribution in [2.24, 2.45) is 0 Å². The molecule has 11 heteroatoms. The van der Waals surface area contributed by atoms with E-state index in [0.29, 0.717) is 22.8 Å². The molecule has 4 rings (SSSR count). The SMILES string of the molecule is CN1CCC[C@@H](Nc2nnc(-c3ccc(C(F)(F)F)cc3OC(F)F)c3ncccc23)C1. The first-order chi connectivity index (χ1) is 15.2. The summed E-state index contributed by atoms with van der Waals surface area (Å²) in [6.07, 6.45) is -1.26. The number of benzene rings is 1. The zero-order chi connectivity index (χ0) is 22.9. The minimum Gasteiger partial charge on any atom is -0.434 e. The highest BCUT2D eigenvalue weighted by Gasteiger charge is 2.32. The Balaban J connectivity index is 1.78. The fourth-order valence-electron chi connectivity index (χ4n) is 3.84. The first-order valence-corrected chi connectivity index (χ1v) is 9.95. The van der Waals surface area contributed by atoms with Gasteiger partial charge in [-0.15, -0.1) is 10.2 Å². The van der Waals surface area contributed by atoms with E-state index >= 15 is 0 Å². The quantitative estimate of drug-likeness (QED) is 0.559. The average Bonchev–Trinajstić information content (AvgIpc) is 2.73. The Labute approximate surface area is 180 Å². The van der Waals surface area contributed by atoms with Crippen LogP contribution in [-0.4, -0.2) is 52.9 Å². The molecule has 1 aliphatic rings. The third-order valence-corrected chi connectivity index (χ3v) is 5.28. The summed E-state index contributed by atoms with van der Waals surface area (Å²) in [5.74, 6) is -0.175. The van der Waals surface area contributed by atoms with Gasteiger partial charge in [-0.05, 0) is 56.8 Å². The molecule has 6 nitrogen and oxygen atoms in total. The fourth-order valence-corrected chi connectivity index (χ4v) is 3.84. The number of likely N-dealkylation sites (N-methyl/N-ethyl adjacent to an activating group) is 1. The molecule has 0 spiro atoms. The van der Waals surface area contributed by atoms with Crippen molar-refractivity contribution >= 4 is 16.7 Å². The van der Waals surface area contributed by atoms with Crippen molar-refractivity contribution in [3.8, 4) is 17.0 Å². The van der Waals surface area contributed by atoms with E-state index in [1.54, 1.807) is 12.1 Å². The van der Waals surface area contributed by atoms with Gasteiger partial charge in [0.15, 0.2) is 5.82 Å². The molecule has 3 aromatic rings.